The van der Waals surface area contributed by atoms with Gasteiger partial charge in [0, 0.05) is 16.8 Å². The Morgan fingerprint density at radius 2 is 2.31 bits per heavy atom. The van der Waals surface area contributed by atoms with E-state index in [2.05, 4.69) is 15.5 Å². The molecule has 0 bridgehead atoms. The summed E-state index contributed by atoms with van der Waals surface area (Å²) in [5.74, 6) is 0. The molecule has 2 aromatic heterocycles. The molecule has 0 N–H and O–H groups in total. The SMILES string of the molecule is CCN=c1scc(C)n1/N=C/c1cccs1. The number of aryl methyl sites for hydroxylation is 1. The van der Waals surface area contributed by atoms with Crippen LogP contribution in [0.3, 0.4) is 0 Å². The third-order valence-electron chi connectivity index (χ3n) is 1.99. The first kappa shape index (κ1) is 11.3. The third-order valence-corrected chi connectivity index (χ3v) is 3.77. The van der Waals surface area contributed by atoms with Gasteiger partial charge in [-0.05, 0) is 25.3 Å². The van der Waals surface area contributed by atoms with E-state index in [1.165, 1.54) is 0 Å². The molecule has 16 heavy (non-hydrogen) atoms. The van der Waals surface area contributed by atoms with Gasteiger partial charge in [-0.25, -0.2) is 4.68 Å². The minimum absolute atomic E-state index is 0.786. The fraction of sp³-hybridized carbons (Fsp3) is 0.273. The first-order valence-electron chi connectivity index (χ1n) is 5.06. The zero-order valence-electron chi connectivity index (χ0n) is 9.25. The molecule has 0 aliphatic heterocycles. The monoisotopic (exact) mass is 251 g/mol. The Morgan fingerprint density at radius 3 is 3.00 bits per heavy atom. The minimum atomic E-state index is 0.786. The Morgan fingerprint density at radius 1 is 1.44 bits per heavy atom. The molecule has 0 aromatic carbocycles. The molecule has 0 aliphatic carbocycles. The molecule has 5 heteroatoms. The summed E-state index contributed by atoms with van der Waals surface area (Å²) in [5.41, 5.74) is 1.12. The zero-order chi connectivity index (χ0) is 11.4. The van der Waals surface area contributed by atoms with Gasteiger partial charge in [-0.3, -0.25) is 4.99 Å². The summed E-state index contributed by atoms with van der Waals surface area (Å²) in [6, 6.07) is 4.07. The quantitative estimate of drug-likeness (QED) is 0.751. The van der Waals surface area contributed by atoms with E-state index >= 15 is 0 Å². The molecule has 0 amide bonds. The highest BCUT2D eigenvalue weighted by Gasteiger charge is 1.97. The highest BCUT2D eigenvalue weighted by molar-refractivity contribution is 7.11. The molecule has 0 spiro atoms. The Labute approximate surface area is 102 Å². The van der Waals surface area contributed by atoms with Crippen molar-refractivity contribution >= 4 is 28.9 Å². The summed E-state index contributed by atoms with van der Waals surface area (Å²) in [5, 5.41) is 8.56. The van der Waals surface area contributed by atoms with Gasteiger partial charge in [0.15, 0.2) is 0 Å². The van der Waals surface area contributed by atoms with Crippen LogP contribution >= 0.6 is 22.7 Å². The van der Waals surface area contributed by atoms with Gasteiger partial charge in [0.25, 0.3) is 0 Å². The van der Waals surface area contributed by atoms with Crippen molar-refractivity contribution in [2.45, 2.75) is 13.8 Å². The minimum Gasteiger partial charge on any atom is -0.258 e. The molecule has 0 unspecified atom stereocenters. The number of thiazole rings is 1. The second-order valence-electron chi connectivity index (χ2n) is 3.21. The summed E-state index contributed by atoms with van der Waals surface area (Å²) in [6.45, 7) is 4.85. The van der Waals surface area contributed by atoms with Crippen LogP contribution in [0.4, 0.5) is 0 Å². The van der Waals surface area contributed by atoms with Gasteiger partial charge in [0.1, 0.15) is 0 Å². The number of rotatable bonds is 3. The van der Waals surface area contributed by atoms with E-state index in [1.54, 1.807) is 22.7 Å². The second kappa shape index (κ2) is 5.23. The van der Waals surface area contributed by atoms with Crippen LogP contribution in [0.1, 0.15) is 17.5 Å². The summed E-state index contributed by atoms with van der Waals surface area (Å²) < 4.78 is 1.88. The molecule has 84 valence electrons. The topological polar surface area (TPSA) is 29.6 Å². The molecule has 2 heterocycles. The summed E-state index contributed by atoms with van der Waals surface area (Å²) in [7, 11) is 0. The maximum Gasteiger partial charge on any atom is 0.205 e. The molecule has 2 aromatic rings. The van der Waals surface area contributed by atoms with Gasteiger partial charge in [0.05, 0.1) is 11.9 Å². The molecule has 3 nitrogen and oxygen atoms in total. The molecule has 0 radical (unpaired) electrons. The van der Waals surface area contributed by atoms with Crippen LogP contribution in [0.25, 0.3) is 0 Å². The lowest BCUT2D eigenvalue weighted by Crippen LogP contribution is -2.12. The third kappa shape index (κ3) is 2.48. The van der Waals surface area contributed by atoms with Crippen molar-refractivity contribution in [1.29, 1.82) is 0 Å². The summed E-state index contributed by atoms with van der Waals surface area (Å²) >= 11 is 3.30. The molecule has 2 rings (SSSR count). The standard InChI is InChI=1S/C11H13N3S2/c1-3-12-11-14(9(2)8-16-11)13-7-10-5-4-6-15-10/h4-8H,3H2,1-2H3/b12-11?,13-7+. The van der Waals surface area contributed by atoms with Gasteiger partial charge in [-0.1, -0.05) is 6.07 Å². The van der Waals surface area contributed by atoms with Crippen LogP contribution in [0, 0.1) is 6.92 Å². The first-order valence-corrected chi connectivity index (χ1v) is 6.82. The van der Waals surface area contributed by atoms with Gasteiger partial charge in [-0.15, -0.1) is 22.7 Å². The van der Waals surface area contributed by atoms with Crippen LogP contribution in [-0.4, -0.2) is 17.4 Å². The van der Waals surface area contributed by atoms with Crippen molar-refractivity contribution in [3.8, 4) is 0 Å². The van der Waals surface area contributed by atoms with E-state index in [1.807, 2.05) is 42.3 Å². The highest BCUT2D eigenvalue weighted by atomic mass is 32.1. The molecule has 0 aliphatic rings. The van der Waals surface area contributed by atoms with E-state index < -0.39 is 0 Å². The average molecular weight is 251 g/mol. The van der Waals surface area contributed by atoms with Gasteiger partial charge in [-0.2, -0.15) is 5.10 Å². The van der Waals surface area contributed by atoms with Crippen molar-refractivity contribution in [3.63, 3.8) is 0 Å². The lowest BCUT2D eigenvalue weighted by molar-refractivity contribution is 0.794. The summed E-state index contributed by atoms with van der Waals surface area (Å²) in [6.07, 6.45) is 1.87. The molecule has 0 fully saturated rings. The number of nitrogens with zero attached hydrogens (tertiary/aromatic N) is 3. The molecular formula is C11H13N3S2. The van der Waals surface area contributed by atoms with Crippen LogP contribution < -0.4 is 4.80 Å². The predicted molar refractivity (Wildman–Crippen MR) is 70.5 cm³/mol. The van der Waals surface area contributed by atoms with Gasteiger partial charge < -0.3 is 0 Å². The van der Waals surface area contributed by atoms with Crippen molar-refractivity contribution < 1.29 is 0 Å². The predicted octanol–water partition coefficient (Wildman–Crippen LogP) is 2.72. The first-order chi connectivity index (χ1) is 7.81. The molecule has 0 saturated heterocycles. The Kier molecular flexibility index (Phi) is 3.69. The molecular weight excluding hydrogens is 238 g/mol. The number of thiophene rings is 1. The Bertz CT molecular complexity index is 532. The maximum absolute atomic E-state index is 4.45. The van der Waals surface area contributed by atoms with Gasteiger partial charge in [0.2, 0.25) is 4.80 Å². The van der Waals surface area contributed by atoms with Crippen molar-refractivity contribution in [2.75, 3.05) is 6.54 Å². The van der Waals surface area contributed by atoms with E-state index in [-0.39, 0.29) is 0 Å². The van der Waals surface area contributed by atoms with Crippen LogP contribution in [-0.2, 0) is 0 Å². The van der Waals surface area contributed by atoms with Crippen molar-refractivity contribution in [3.05, 3.63) is 38.3 Å². The maximum atomic E-state index is 4.45. The molecule has 0 atom stereocenters. The average Bonchev–Trinajstić information content (AvgIpc) is 2.88. The number of aromatic nitrogens is 1. The van der Waals surface area contributed by atoms with Gasteiger partial charge >= 0.3 is 0 Å². The van der Waals surface area contributed by atoms with E-state index in [9.17, 15) is 0 Å². The number of hydrogen-bond acceptors (Lipinski definition) is 4. The van der Waals surface area contributed by atoms with Crippen molar-refractivity contribution in [2.24, 2.45) is 10.1 Å². The Balaban J connectivity index is 2.34. The molecule has 0 saturated carbocycles. The van der Waals surface area contributed by atoms with Crippen LogP contribution in [0.2, 0.25) is 0 Å². The van der Waals surface area contributed by atoms with Crippen LogP contribution in [0.5, 0.6) is 0 Å². The van der Waals surface area contributed by atoms with E-state index in [0.29, 0.717) is 0 Å². The normalized spacial score (nSPS) is 12.8. The van der Waals surface area contributed by atoms with Crippen molar-refractivity contribution in [1.82, 2.24) is 4.68 Å². The second-order valence-corrected chi connectivity index (χ2v) is 5.02. The highest BCUT2D eigenvalue weighted by Crippen LogP contribution is 2.05. The number of hydrogen-bond donors (Lipinski definition) is 0. The fourth-order valence-electron chi connectivity index (χ4n) is 1.25. The lowest BCUT2D eigenvalue weighted by Gasteiger charge is -1.95. The van der Waals surface area contributed by atoms with Crippen LogP contribution in [0.15, 0.2) is 33.0 Å². The van der Waals surface area contributed by atoms with E-state index in [0.717, 1.165) is 21.9 Å². The zero-order valence-corrected chi connectivity index (χ0v) is 10.9. The Hall–Kier alpha value is -1.20. The largest absolute Gasteiger partial charge is 0.258 e. The smallest absolute Gasteiger partial charge is 0.205 e. The van der Waals surface area contributed by atoms with E-state index in [4.69, 9.17) is 0 Å². The fourth-order valence-corrected chi connectivity index (χ4v) is 2.70. The summed E-state index contributed by atoms with van der Waals surface area (Å²) in [4.78, 5) is 6.50. The lowest BCUT2D eigenvalue weighted by atomic mass is 10.5.